The zero-order valence-electron chi connectivity index (χ0n) is 10.6. The molecule has 2 rings (SSSR count). The molecule has 0 amide bonds. The maximum Gasteiger partial charge on any atom is 0.244 e. The lowest BCUT2D eigenvalue weighted by Crippen LogP contribution is -2.43. The minimum Gasteiger partial charge on any atom is -0.229 e. The number of sulfone groups is 1. The van der Waals surface area contributed by atoms with Crippen molar-refractivity contribution in [1.82, 2.24) is 4.72 Å². The van der Waals surface area contributed by atoms with Crippen LogP contribution in [-0.2, 0) is 19.9 Å². The lowest BCUT2D eigenvalue weighted by Gasteiger charge is -2.23. The van der Waals surface area contributed by atoms with Crippen LogP contribution in [0.5, 0.6) is 0 Å². The van der Waals surface area contributed by atoms with Crippen LogP contribution in [0.1, 0.15) is 12.8 Å². The molecule has 1 aromatic carbocycles. The Morgan fingerprint density at radius 2 is 1.95 bits per heavy atom. The molecule has 0 aromatic heterocycles. The van der Waals surface area contributed by atoms with E-state index in [0.717, 1.165) is 6.07 Å². The molecule has 1 saturated heterocycles. The van der Waals surface area contributed by atoms with E-state index in [9.17, 15) is 25.6 Å². The summed E-state index contributed by atoms with van der Waals surface area (Å²) in [6.45, 7) is 0. The Morgan fingerprint density at radius 1 is 1.29 bits per heavy atom. The number of hydrogen-bond donors (Lipinski definition) is 1. The Labute approximate surface area is 129 Å². The van der Waals surface area contributed by atoms with Crippen LogP contribution in [0.3, 0.4) is 0 Å². The van der Waals surface area contributed by atoms with Crippen molar-refractivity contribution in [3.05, 3.63) is 28.2 Å². The molecule has 0 aliphatic carbocycles. The summed E-state index contributed by atoms with van der Waals surface area (Å²) >= 11 is 2.80. The molecule has 5 nitrogen and oxygen atoms in total. The van der Waals surface area contributed by atoms with Gasteiger partial charge in [-0.25, -0.2) is 30.3 Å². The summed E-state index contributed by atoms with van der Waals surface area (Å²) < 4.78 is 75.9. The Bertz CT molecular complexity index is 741. The van der Waals surface area contributed by atoms with Crippen molar-refractivity contribution in [3.8, 4) is 0 Å². The van der Waals surface area contributed by atoms with Crippen LogP contribution in [0.4, 0.5) is 8.78 Å². The number of sulfonamides is 1. The molecule has 0 bridgehead atoms. The zero-order chi connectivity index (χ0) is 15.8. The van der Waals surface area contributed by atoms with Gasteiger partial charge in [0.25, 0.3) is 0 Å². The van der Waals surface area contributed by atoms with Gasteiger partial charge in [0.05, 0.1) is 11.5 Å². The minimum atomic E-state index is -4.29. The third kappa shape index (κ3) is 3.99. The molecule has 1 heterocycles. The molecule has 1 N–H and O–H groups in total. The summed E-state index contributed by atoms with van der Waals surface area (Å²) in [5, 5.41) is 0. The van der Waals surface area contributed by atoms with E-state index in [0.29, 0.717) is 18.9 Å². The van der Waals surface area contributed by atoms with Crippen molar-refractivity contribution in [2.45, 2.75) is 23.8 Å². The summed E-state index contributed by atoms with van der Waals surface area (Å²) in [7, 11) is -7.60. The van der Waals surface area contributed by atoms with Gasteiger partial charge in [-0.1, -0.05) is 0 Å². The first-order valence-electron chi connectivity index (χ1n) is 5.98. The number of rotatable bonds is 3. The van der Waals surface area contributed by atoms with Gasteiger partial charge in [-0.2, -0.15) is 0 Å². The molecule has 21 heavy (non-hydrogen) atoms. The fourth-order valence-corrected chi connectivity index (χ4v) is 6.36. The quantitative estimate of drug-likeness (QED) is 0.830. The summed E-state index contributed by atoms with van der Waals surface area (Å²) in [6, 6.07) is 0.469. The van der Waals surface area contributed by atoms with Gasteiger partial charge in [0.2, 0.25) is 10.0 Å². The second-order valence-corrected chi connectivity index (χ2v) is 9.51. The molecule has 0 spiro atoms. The molecule has 1 aliphatic heterocycles. The van der Waals surface area contributed by atoms with Crippen molar-refractivity contribution in [1.29, 1.82) is 0 Å². The average Bonchev–Trinajstić information content (AvgIpc) is 2.23. The van der Waals surface area contributed by atoms with E-state index in [1.165, 1.54) is 0 Å². The second kappa shape index (κ2) is 5.90. The van der Waals surface area contributed by atoms with Gasteiger partial charge in [-0.15, -0.1) is 0 Å². The number of benzene rings is 1. The van der Waals surface area contributed by atoms with Crippen LogP contribution in [-0.4, -0.2) is 34.4 Å². The van der Waals surface area contributed by atoms with Crippen LogP contribution in [0.2, 0.25) is 0 Å². The summed E-state index contributed by atoms with van der Waals surface area (Å²) in [5.41, 5.74) is 0. The standard InChI is InChI=1S/C11H12BrF2NO4S2/c12-9-4-7(13)5-10(14)11(9)21(18,19)15-8-2-1-3-20(16,17)6-8/h4-5,8,15H,1-3,6H2. The molecule has 0 saturated carbocycles. The maximum atomic E-state index is 13.7. The highest BCUT2D eigenvalue weighted by molar-refractivity contribution is 9.10. The first-order valence-corrected chi connectivity index (χ1v) is 10.1. The van der Waals surface area contributed by atoms with E-state index < -0.39 is 42.4 Å². The van der Waals surface area contributed by atoms with E-state index in [-0.39, 0.29) is 16.0 Å². The normalized spacial score (nSPS) is 22.1. The highest BCUT2D eigenvalue weighted by Gasteiger charge is 2.31. The molecule has 0 radical (unpaired) electrons. The fraction of sp³-hybridized carbons (Fsp3) is 0.455. The van der Waals surface area contributed by atoms with Crippen molar-refractivity contribution in [3.63, 3.8) is 0 Å². The van der Waals surface area contributed by atoms with Gasteiger partial charge in [-0.3, -0.25) is 0 Å². The largest absolute Gasteiger partial charge is 0.244 e. The Morgan fingerprint density at radius 3 is 2.52 bits per heavy atom. The van der Waals surface area contributed by atoms with Crippen molar-refractivity contribution in [2.75, 3.05) is 11.5 Å². The summed E-state index contributed by atoms with van der Waals surface area (Å²) in [5.74, 6) is -2.47. The molecular weight excluding hydrogens is 392 g/mol. The Kier molecular flexibility index (Phi) is 4.72. The van der Waals surface area contributed by atoms with E-state index >= 15 is 0 Å². The topological polar surface area (TPSA) is 80.3 Å². The molecule has 1 aliphatic rings. The van der Waals surface area contributed by atoms with Gasteiger partial charge < -0.3 is 0 Å². The zero-order valence-corrected chi connectivity index (χ0v) is 13.9. The lowest BCUT2D eigenvalue weighted by molar-refractivity contribution is 0.509. The second-order valence-electron chi connectivity index (χ2n) is 4.77. The van der Waals surface area contributed by atoms with Crippen molar-refractivity contribution in [2.24, 2.45) is 0 Å². The lowest BCUT2D eigenvalue weighted by atomic mass is 10.2. The maximum absolute atomic E-state index is 13.7. The average molecular weight is 404 g/mol. The van der Waals surface area contributed by atoms with E-state index in [2.05, 4.69) is 20.7 Å². The molecule has 1 fully saturated rings. The molecule has 1 aromatic rings. The predicted molar refractivity (Wildman–Crippen MR) is 76.1 cm³/mol. The molecular formula is C11H12BrF2NO4S2. The summed E-state index contributed by atoms with van der Waals surface area (Å²) in [6.07, 6.45) is 0.682. The predicted octanol–water partition coefficient (Wildman–Crippen LogP) is 1.58. The van der Waals surface area contributed by atoms with Crippen LogP contribution in [0.25, 0.3) is 0 Å². The third-order valence-electron chi connectivity index (χ3n) is 3.02. The minimum absolute atomic E-state index is 0.0137. The first kappa shape index (κ1) is 16.8. The van der Waals surface area contributed by atoms with Gasteiger partial charge in [0, 0.05) is 16.6 Å². The van der Waals surface area contributed by atoms with E-state index in [1.807, 2.05) is 0 Å². The highest BCUT2D eigenvalue weighted by Crippen LogP contribution is 2.27. The van der Waals surface area contributed by atoms with Crippen LogP contribution < -0.4 is 4.72 Å². The monoisotopic (exact) mass is 403 g/mol. The molecule has 10 heteroatoms. The van der Waals surface area contributed by atoms with Gasteiger partial charge in [0.15, 0.2) is 9.84 Å². The van der Waals surface area contributed by atoms with Gasteiger partial charge in [-0.05, 0) is 34.8 Å². The number of nitrogens with one attached hydrogen (secondary N) is 1. The molecule has 1 unspecified atom stereocenters. The SMILES string of the molecule is O=S1(=O)CCCC(NS(=O)(=O)c2c(F)cc(F)cc2Br)C1. The first-order chi connectivity index (χ1) is 9.61. The van der Waals surface area contributed by atoms with Crippen molar-refractivity contribution >= 4 is 35.8 Å². The van der Waals surface area contributed by atoms with Gasteiger partial charge in [0.1, 0.15) is 16.5 Å². The Hall–Kier alpha value is -0.580. The van der Waals surface area contributed by atoms with Crippen LogP contribution in [0.15, 0.2) is 21.5 Å². The molecule has 1 atom stereocenters. The smallest absolute Gasteiger partial charge is 0.229 e. The van der Waals surface area contributed by atoms with Crippen molar-refractivity contribution < 1.29 is 25.6 Å². The van der Waals surface area contributed by atoms with E-state index in [1.54, 1.807) is 0 Å². The fourth-order valence-electron chi connectivity index (χ4n) is 2.18. The third-order valence-corrected chi connectivity index (χ3v) is 7.32. The summed E-state index contributed by atoms with van der Waals surface area (Å²) in [4.78, 5) is -0.730. The van der Waals surface area contributed by atoms with Crippen LogP contribution in [0, 0.1) is 11.6 Å². The van der Waals surface area contributed by atoms with E-state index in [4.69, 9.17) is 0 Å². The number of halogens is 3. The van der Waals surface area contributed by atoms with Gasteiger partial charge >= 0.3 is 0 Å². The molecule has 118 valence electrons. The highest BCUT2D eigenvalue weighted by atomic mass is 79.9. The Balaban J connectivity index is 2.31. The number of hydrogen-bond acceptors (Lipinski definition) is 4. The van der Waals surface area contributed by atoms with Crippen LogP contribution >= 0.6 is 15.9 Å².